The summed E-state index contributed by atoms with van der Waals surface area (Å²) in [6, 6.07) is 9.78. The van der Waals surface area contributed by atoms with Crippen LogP contribution in [0.15, 0.2) is 52.7 Å². The average Bonchev–Trinajstić information content (AvgIpc) is 3.15. The summed E-state index contributed by atoms with van der Waals surface area (Å²) >= 11 is 1.18. The van der Waals surface area contributed by atoms with Gasteiger partial charge >= 0.3 is 0 Å². The van der Waals surface area contributed by atoms with Crippen molar-refractivity contribution >= 4 is 32.4 Å². The predicted octanol–water partition coefficient (Wildman–Crippen LogP) is 3.90. The van der Waals surface area contributed by atoms with Gasteiger partial charge in [-0.3, -0.25) is 10.1 Å². The molecule has 0 saturated heterocycles. The van der Waals surface area contributed by atoms with Gasteiger partial charge in [0.05, 0.1) is 12.8 Å². The molecule has 1 heterocycles. The molecule has 0 aliphatic heterocycles. The number of nitrogens with zero attached hydrogens (tertiary/aromatic N) is 1. The van der Waals surface area contributed by atoms with Crippen molar-refractivity contribution in [2.24, 2.45) is 0 Å². The number of methoxy groups -OCH3 is 1. The third kappa shape index (κ3) is 5.02. The molecule has 3 rings (SSSR count). The first kappa shape index (κ1) is 21.9. The van der Waals surface area contributed by atoms with Crippen molar-refractivity contribution in [1.29, 1.82) is 0 Å². The quantitative estimate of drug-likeness (QED) is 0.570. The molecule has 0 atom stereocenters. The molecule has 2 aromatic carbocycles. The van der Waals surface area contributed by atoms with E-state index in [9.17, 15) is 17.6 Å². The zero-order valence-corrected chi connectivity index (χ0v) is 18.1. The Hall–Kier alpha value is -2.82. The maximum atomic E-state index is 13.4. The number of nitrogens with one attached hydrogen (secondary N) is 2. The molecule has 0 bridgehead atoms. The van der Waals surface area contributed by atoms with E-state index in [0.29, 0.717) is 16.4 Å². The van der Waals surface area contributed by atoms with Crippen LogP contribution in [0.5, 0.6) is 5.75 Å². The van der Waals surface area contributed by atoms with Gasteiger partial charge in [-0.25, -0.2) is 22.5 Å². The lowest BCUT2D eigenvalue weighted by Gasteiger charge is -2.14. The Morgan fingerprint density at radius 1 is 1.20 bits per heavy atom. The average molecular weight is 450 g/mol. The zero-order valence-electron chi connectivity index (χ0n) is 16.5. The molecule has 1 amide bonds. The number of aromatic nitrogens is 1. The number of amides is 1. The third-order valence-corrected chi connectivity index (χ3v) is 6.39. The summed E-state index contributed by atoms with van der Waals surface area (Å²) in [5.41, 5.74) is 1.24. The van der Waals surface area contributed by atoms with Crippen LogP contribution in [0.3, 0.4) is 0 Å². The molecule has 2 N–H and O–H groups in total. The molecule has 0 spiro atoms. The molecular formula is C20H20FN3O4S2. The Balaban J connectivity index is 1.85. The second-order valence-corrected chi connectivity index (χ2v) is 9.18. The molecule has 30 heavy (non-hydrogen) atoms. The molecule has 0 fully saturated rings. The number of halogens is 1. The van der Waals surface area contributed by atoms with Crippen LogP contribution in [0.2, 0.25) is 0 Å². The van der Waals surface area contributed by atoms with E-state index in [-0.39, 0.29) is 28.1 Å². The lowest BCUT2D eigenvalue weighted by molar-refractivity contribution is 0.102. The molecule has 10 heteroatoms. The number of benzene rings is 2. The monoisotopic (exact) mass is 449 g/mol. The summed E-state index contributed by atoms with van der Waals surface area (Å²) < 4.78 is 46.2. The topological polar surface area (TPSA) is 97.4 Å². The van der Waals surface area contributed by atoms with E-state index >= 15 is 0 Å². The van der Waals surface area contributed by atoms with Gasteiger partial charge in [-0.2, -0.15) is 0 Å². The fraction of sp³-hybridized carbons (Fsp3) is 0.200. The summed E-state index contributed by atoms with van der Waals surface area (Å²) in [6.07, 6.45) is 0. The van der Waals surface area contributed by atoms with Crippen LogP contribution in [0.1, 0.15) is 24.2 Å². The van der Waals surface area contributed by atoms with Gasteiger partial charge in [0, 0.05) is 22.5 Å². The maximum Gasteiger partial charge on any atom is 0.257 e. The Morgan fingerprint density at radius 2 is 1.97 bits per heavy atom. The Kier molecular flexibility index (Phi) is 6.49. The molecule has 158 valence electrons. The summed E-state index contributed by atoms with van der Waals surface area (Å²) in [6.45, 7) is 3.39. The molecule has 0 aliphatic carbocycles. The summed E-state index contributed by atoms with van der Waals surface area (Å²) in [4.78, 5) is 16.8. The van der Waals surface area contributed by atoms with Crippen molar-refractivity contribution in [2.75, 3.05) is 12.4 Å². The number of carbonyl (C=O) groups is 1. The van der Waals surface area contributed by atoms with Crippen LogP contribution >= 0.6 is 11.3 Å². The van der Waals surface area contributed by atoms with Gasteiger partial charge in [0.25, 0.3) is 5.91 Å². The van der Waals surface area contributed by atoms with E-state index in [1.807, 2.05) is 0 Å². The van der Waals surface area contributed by atoms with Gasteiger partial charge in [0.1, 0.15) is 16.5 Å². The van der Waals surface area contributed by atoms with Crippen molar-refractivity contribution in [1.82, 2.24) is 9.71 Å². The number of rotatable bonds is 7. The predicted molar refractivity (Wildman–Crippen MR) is 114 cm³/mol. The minimum Gasteiger partial charge on any atom is -0.495 e. The summed E-state index contributed by atoms with van der Waals surface area (Å²) in [7, 11) is -2.52. The van der Waals surface area contributed by atoms with Crippen LogP contribution in [-0.2, 0) is 10.0 Å². The number of carbonyl (C=O) groups excluding carboxylic acids is 1. The molecule has 0 radical (unpaired) electrons. The number of sulfonamides is 1. The number of hydrogen-bond donors (Lipinski definition) is 2. The molecule has 0 aliphatic rings. The smallest absolute Gasteiger partial charge is 0.257 e. The van der Waals surface area contributed by atoms with Gasteiger partial charge in [-0.1, -0.05) is 12.1 Å². The van der Waals surface area contributed by atoms with Gasteiger partial charge in [-0.15, -0.1) is 11.3 Å². The molecule has 0 saturated carbocycles. The number of hydrogen-bond acceptors (Lipinski definition) is 6. The summed E-state index contributed by atoms with van der Waals surface area (Å²) in [5.74, 6) is -0.783. The molecule has 7 nitrogen and oxygen atoms in total. The van der Waals surface area contributed by atoms with Crippen molar-refractivity contribution in [3.8, 4) is 17.0 Å². The molecule has 3 aromatic rings. The van der Waals surface area contributed by atoms with Crippen LogP contribution < -0.4 is 14.8 Å². The van der Waals surface area contributed by atoms with E-state index in [1.54, 1.807) is 31.4 Å². The highest BCUT2D eigenvalue weighted by Crippen LogP contribution is 2.28. The largest absolute Gasteiger partial charge is 0.495 e. The lowest BCUT2D eigenvalue weighted by Crippen LogP contribution is -2.30. The van der Waals surface area contributed by atoms with Gasteiger partial charge in [-0.05, 0) is 44.2 Å². The first-order chi connectivity index (χ1) is 14.2. The Morgan fingerprint density at radius 3 is 2.63 bits per heavy atom. The van der Waals surface area contributed by atoms with E-state index in [1.165, 1.54) is 48.8 Å². The number of thiazole rings is 1. The van der Waals surface area contributed by atoms with Crippen molar-refractivity contribution < 1.29 is 22.3 Å². The van der Waals surface area contributed by atoms with Crippen LogP contribution in [-0.4, -0.2) is 32.5 Å². The van der Waals surface area contributed by atoms with Crippen molar-refractivity contribution in [3.63, 3.8) is 0 Å². The van der Waals surface area contributed by atoms with Crippen LogP contribution in [0.25, 0.3) is 11.3 Å². The molecule has 1 aromatic heterocycles. The van der Waals surface area contributed by atoms with E-state index < -0.39 is 15.9 Å². The molecule has 0 unspecified atom stereocenters. The van der Waals surface area contributed by atoms with E-state index in [0.717, 1.165) is 0 Å². The maximum absolute atomic E-state index is 13.4. The van der Waals surface area contributed by atoms with Crippen LogP contribution in [0, 0.1) is 5.82 Å². The standard InChI is InChI=1S/C20H20FN3O4S2/c1-12(2)24-30(26,27)18-10-14(7-8-17(18)28-3)19(25)23-20-22-16(11-29-20)13-5-4-6-15(21)9-13/h4-12,24H,1-3H3,(H,22,23,25). The minimum absolute atomic E-state index is 0.127. The van der Waals surface area contributed by atoms with Gasteiger partial charge in [0.15, 0.2) is 5.13 Å². The lowest BCUT2D eigenvalue weighted by atomic mass is 10.2. The highest BCUT2D eigenvalue weighted by molar-refractivity contribution is 7.89. The normalized spacial score (nSPS) is 11.5. The first-order valence-electron chi connectivity index (χ1n) is 8.93. The fourth-order valence-electron chi connectivity index (χ4n) is 2.68. The molecular weight excluding hydrogens is 429 g/mol. The van der Waals surface area contributed by atoms with Gasteiger partial charge < -0.3 is 4.74 Å². The number of anilines is 1. The minimum atomic E-state index is -3.87. The first-order valence-corrected chi connectivity index (χ1v) is 11.3. The van der Waals surface area contributed by atoms with Crippen molar-refractivity contribution in [2.45, 2.75) is 24.8 Å². The van der Waals surface area contributed by atoms with Crippen molar-refractivity contribution in [3.05, 3.63) is 59.2 Å². The second kappa shape index (κ2) is 8.90. The number of ether oxygens (including phenoxy) is 1. The van der Waals surface area contributed by atoms with E-state index in [2.05, 4.69) is 15.0 Å². The van der Waals surface area contributed by atoms with E-state index in [4.69, 9.17) is 4.74 Å². The highest BCUT2D eigenvalue weighted by atomic mass is 32.2. The van der Waals surface area contributed by atoms with Gasteiger partial charge in [0.2, 0.25) is 10.0 Å². The fourth-order valence-corrected chi connectivity index (χ4v) is 4.84. The Bertz CT molecular complexity index is 1180. The summed E-state index contributed by atoms with van der Waals surface area (Å²) in [5, 5.41) is 4.64. The highest BCUT2D eigenvalue weighted by Gasteiger charge is 2.23. The SMILES string of the molecule is COc1ccc(C(=O)Nc2nc(-c3cccc(F)c3)cs2)cc1S(=O)(=O)NC(C)C. The second-order valence-electron chi connectivity index (χ2n) is 6.64. The Labute approximate surface area is 178 Å². The van der Waals surface area contributed by atoms with Crippen LogP contribution in [0.4, 0.5) is 9.52 Å². The third-order valence-electron chi connectivity index (χ3n) is 3.95. The zero-order chi connectivity index (χ0) is 21.9.